The molecule has 1 aromatic rings. The van der Waals surface area contributed by atoms with E-state index >= 15 is 0 Å². The molecular formula is C17H24N2O2. The molecule has 2 amide bonds. The second-order valence-electron chi connectivity index (χ2n) is 6.38. The zero-order chi connectivity index (χ0) is 15.6. The van der Waals surface area contributed by atoms with Crippen LogP contribution in [0.3, 0.4) is 0 Å². The lowest BCUT2D eigenvalue weighted by molar-refractivity contribution is -0.155. The van der Waals surface area contributed by atoms with E-state index in [-0.39, 0.29) is 17.9 Å². The fraction of sp³-hybridized carbons (Fsp3) is 0.529. The molecule has 2 atom stereocenters. The van der Waals surface area contributed by atoms with Crippen LogP contribution in [0.4, 0.5) is 0 Å². The number of nitrogens with one attached hydrogen (secondary N) is 1. The molecule has 1 N–H and O–H groups in total. The molecule has 0 radical (unpaired) electrons. The molecule has 1 saturated heterocycles. The number of rotatable bonds is 4. The van der Waals surface area contributed by atoms with Crippen molar-refractivity contribution in [3.63, 3.8) is 0 Å². The SMILES string of the molecule is CC(CCc1ccccc1)N1C(=O)C(C)(C)NC(=O)C1C. The predicted molar refractivity (Wildman–Crippen MR) is 82.8 cm³/mol. The molecule has 0 saturated carbocycles. The Bertz CT molecular complexity index is 525. The van der Waals surface area contributed by atoms with Gasteiger partial charge < -0.3 is 10.2 Å². The maximum Gasteiger partial charge on any atom is 0.248 e. The molecule has 1 aliphatic heterocycles. The minimum atomic E-state index is -0.815. The maximum absolute atomic E-state index is 12.6. The molecule has 1 aromatic carbocycles. The summed E-state index contributed by atoms with van der Waals surface area (Å²) in [6.07, 6.45) is 1.75. The molecule has 1 aliphatic rings. The Morgan fingerprint density at radius 1 is 1.24 bits per heavy atom. The first-order chi connectivity index (χ1) is 9.83. The van der Waals surface area contributed by atoms with Gasteiger partial charge in [0.05, 0.1) is 0 Å². The molecule has 0 aliphatic carbocycles. The van der Waals surface area contributed by atoms with E-state index in [1.807, 2.05) is 25.1 Å². The Hall–Kier alpha value is -1.84. The third-order valence-electron chi connectivity index (χ3n) is 4.17. The number of hydrogen-bond acceptors (Lipinski definition) is 2. The number of aryl methyl sites for hydroxylation is 1. The lowest BCUT2D eigenvalue weighted by atomic mass is 9.94. The molecule has 2 unspecified atom stereocenters. The van der Waals surface area contributed by atoms with Crippen molar-refractivity contribution in [2.24, 2.45) is 0 Å². The van der Waals surface area contributed by atoms with Gasteiger partial charge in [-0.15, -0.1) is 0 Å². The van der Waals surface area contributed by atoms with Crippen LogP contribution in [0.15, 0.2) is 30.3 Å². The Kier molecular flexibility index (Phi) is 4.35. The van der Waals surface area contributed by atoms with Gasteiger partial charge in [-0.05, 0) is 46.1 Å². The number of carbonyl (C=O) groups is 2. The van der Waals surface area contributed by atoms with Crippen LogP contribution < -0.4 is 5.32 Å². The summed E-state index contributed by atoms with van der Waals surface area (Å²) in [4.78, 5) is 26.3. The molecule has 4 nitrogen and oxygen atoms in total. The zero-order valence-electron chi connectivity index (χ0n) is 13.2. The summed E-state index contributed by atoms with van der Waals surface area (Å²) < 4.78 is 0. The van der Waals surface area contributed by atoms with E-state index in [1.165, 1.54) is 5.56 Å². The van der Waals surface area contributed by atoms with Crippen LogP contribution in [-0.4, -0.2) is 34.3 Å². The number of nitrogens with zero attached hydrogens (tertiary/aromatic N) is 1. The van der Waals surface area contributed by atoms with Crippen LogP contribution in [0.25, 0.3) is 0 Å². The minimum absolute atomic E-state index is 0.00448. The summed E-state index contributed by atoms with van der Waals surface area (Å²) in [7, 11) is 0. The quantitative estimate of drug-likeness (QED) is 0.922. The number of piperazine rings is 1. The van der Waals surface area contributed by atoms with Gasteiger partial charge in [0.1, 0.15) is 11.6 Å². The molecule has 4 heteroatoms. The summed E-state index contributed by atoms with van der Waals surface area (Å²) in [5, 5.41) is 2.78. The minimum Gasteiger partial charge on any atom is -0.340 e. The highest BCUT2D eigenvalue weighted by molar-refractivity contribution is 5.99. The zero-order valence-corrected chi connectivity index (χ0v) is 13.2. The normalized spacial score (nSPS) is 22.9. The van der Waals surface area contributed by atoms with Crippen molar-refractivity contribution in [2.45, 2.75) is 58.2 Å². The fourth-order valence-electron chi connectivity index (χ4n) is 2.83. The first kappa shape index (κ1) is 15.5. The van der Waals surface area contributed by atoms with Gasteiger partial charge in [-0.25, -0.2) is 0 Å². The smallest absolute Gasteiger partial charge is 0.248 e. The number of amides is 2. The second kappa shape index (κ2) is 5.88. The maximum atomic E-state index is 12.6. The van der Waals surface area contributed by atoms with E-state index in [4.69, 9.17) is 0 Å². The first-order valence-corrected chi connectivity index (χ1v) is 7.51. The molecule has 1 heterocycles. The van der Waals surface area contributed by atoms with Crippen molar-refractivity contribution in [2.75, 3.05) is 0 Å². The lowest BCUT2D eigenvalue weighted by Gasteiger charge is -2.44. The van der Waals surface area contributed by atoms with Crippen molar-refractivity contribution in [1.29, 1.82) is 0 Å². The van der Waals surface area contributed by atoms with Crippen LogP contribution in [0.2, 0.25) is 0 Å². The first-order valence-electron chi connectivity index (χ1n) is 7.51. The number of benzene rings is 1. The summed E-state index contributed by atoms with van der Waals surface area (Å²) in [6, 6.07) is 9.84. The van der Waals surface area contributed by atoms with Crippen LogP contribution in [0.5, 0.6) is 0 Å². The summed E-state index contributed by atoms with van der Waals surface area (Å²) in [5.41, 5.74) is 0.440. The van der Waals surface area contributed by atoms with E-state index in [0.29, 0.717) is 0 Å². The molecular weight excluding hydrogens is 264 g/mol. The van der Waals surface area contributed by atoms with Gasteiger partial charge in [-0.1, -0.05) is 30.3 Å². The standard InChI is InChI=1S/C17H24N2O2/c1-12(10-11-14-8-6-5-7-9-14)19-13(2)15(20)18-17(3,4)16(19)21/h5-9,12-13H,10-11H2,1-4H3,(H,18,20). The Morgan fingerprint density at radius 3 is 2.48 bits per heavy atom. The molecule has 1 fully saturated rings. The summed E-state index contributed by atoms with van der Waals surface area (Å²) >= 11 is 0. The average Bonchev–Trinajstić information content (AvgIpc) is 2.44. The lowest BCUT2D eigenvalue weighted by Crippen LogP contribution is -2.69. The van der Waals surface area contributed by atoms with Crippen molar-refractivity contribution < 1.29 is 9.59 Å². The molecule has 2 rings (SSSR count). The molecule has 21 heavy (non-hydrogen) atoms. The van der Waals surface area contributed by atoms with Crippen LogP contribution in [-0.2, 0) is 16.0 Å². The van der Waals surface area contributed by atoms with Crippen molar-refractivity contribution in [1.82, 2.24) is 10.2 Å². The van der Waals surface area contributed by atoms with Gasteiger partial charge in [0.2, 0.25) is 11.8 Å². The average molecular weight is 288 g/mol. The van der Waals surface area contributed by atoms with Crippen molar-refractivity contribution in [3.8, 4) is 0 Å². The highest BCUT2D eigenvalue weighted by Crippen LogP contribution is 2.22. The van der Waals surface area contributed by atoms with Gasteiger partial charge in [0, 0.05) is 6.04 Å². The highest BCUT2D eigenvalue weighted by atomic mass is 16.2. The van der Waals surface area contributed by atoms with E-state index in [2.05, 4.69) is 17.4 Å². The van der Waals surface area contributed by atoms with Crippen molar-refractivity contribution in [3.05, 3.63) is 35.9 Å². The Balaban J connectivity index is 2.07. The van der Waals surface area contributed by atoms with Gasteiger partial charge in [-0.3, -0.25) is 9.59 Å². The number of carbonyl (C=O) groups excluding carboxylic acids is 2. The van der Waals surface area contributed by atoms with Crippen LogP contribution in [0, 0.1) is 0 Å². The number of hydrogen-bond donors (Lipinski definition) is 1. The third kappa shape index (κ3) is 3.26. The Labute approximate surface area is 126 Å². The topological polar surface area (TPSA) is 49.4 Å². The fourth-order valence-corrected chi connectivity index (χ4v) is 2.83. The molecule has 114 valence electrons. The second-order valence-corrected chi connectivity index (χ2v) is 6.38. The van der Waals surface area contributed by atoms with Crippen molar-refractivity contribution >= 4 is 11.8 Å². The van der Waals surface area contributed by atoms with Gasteiger partial charge in [0.15, 0.2) is 0 Å². The molecule has 0 spiro atoms. The predicted octanol–water partition coefficient (Wildman–Crippen LogP) is 2.13. The van der Waals surface area contributed by atoms with Gasteiger partial charge in [0.25, 0.3) is 0 Å². The van der Waals surface area contributed by atoms with E-state index in [9.17, 15) is 9.59 Å². The summed E-state index contributed by atoms with van der Waals surface area (Å²) in [5.74, 6) is -0.0821. The van der Waals surface area contributed by atoms with Crippen LogP contribution >= 0.6 is 0 Å². The monoisotopic (exact) mass is 288 g/mol. The summed E-state index contributed by atoms with van der Waals surface area (Å²) in [6.45, 7) is 7.33. The molecule has 0 bridgehead atoms. The van der Waals surface area contributed by atoms with Gasteiger partial charge >= 0.3 is 0 Å². The largest absolute Gasteiger partial charge is 0.340 e. The third-order valence-corrected chi connectivity index (χ3v) is 4.17. The van der Waals surface area contributed by atoms with Crippen LogP contribution in [0.1, 0.15) is 39.7 Å². The van der Waals surface area contributed by atoms with E-state index < -0.39 is 11.6 Å². The molecule has 0 aromatic heterocycles. The van der Waals surface area contributed by atoms with E-state index in [0.717, 1.165) is 12.8 Å². The van der Waals surface area contributed by atoms with E-state index in [1.54, 1.807) is 25.7 Å². The highest BCUT2D eigenvalue weighted by Gasteiger charge is 2.44. The van der Waals surface area contributed by atoms with Gasteiger partial charge in [-0.2, -0.15) is 0 Å². The Morgan fingerprint density at radius 2 is 1.86 bits per heavy atom.